The Morgan fingerprint density at radius 1 is 1.16 bits per heavy atom. The molecule has 19 heavy (non-hydrogen) atoms. The van der Waals surface area contributed by atoms with Crippen LogP contribution < -0.4 is 0 Å². The zero-order valence-electron chi connectivity index (χ0n) is 10.2. The monoisotopic (exact) mass is 270 g/mol. The molecule has 0 saturated heterocycles. The van der Waals surface area contributed by atoms with Gasteiger partial charge in [0.15, 0.2) is 0 Å². The molecule has 0 unspecified atom stereocenters. The maximum absolute atomic E-state index is 10.8. The van der Waals surface area contributed by atoms with Gasteiger partial charge in [-0.05, 0) is 30.2 Å². The second-order valence-corrected chi connectivity index (χ2v) is 5.46. The SMILES string of the molecule is Cc1nc2cc(-c3cccc([N+](=O)[O-])c3)ccc2s1. The maximum atomic E-state index is 10.8. The zero-order valence-corrected chi connectivity index (χ0v) is 11.0. The second kappa shape index (κ2) is 4.44. The van der Waals surface area contributed by atoms with Crippen molar-refractivity contribution in [3.63, 3.8) is 0 Å². The molecule has 0 bridgehead atoms. The highest BCUT2D eigenvalue weighted by Gasteiger charge is 2.08. The molecule has 0 amide bonds. The summed E-state index contributed by atoms with van der Waals surface area (Å²) in [6, 6.07) is 12.6. The van der Waals surface area contributed by atoms with Crippen molar-refractivity contribution in [2.45, 2.75) is 6.92 Å². The highest BCUT2D eigenvalue weighted by molar-refractivity contribution is 7.18. The minimum Gasteiger partial charge on any atom is -0.258 e. The Hall–Kier alpha value is -2.27. The number of nitro benzene ring substituents is 1. The number of nitrogens with zero attached hydrogens (tertiary/aromatic N) is 2. The number of benzene rings is 2. The molecule has 4 nitrogen and oxygen atoms in total. The molecular formula is C14H10N2O2S. The number of nitro groups is 1. The van der Waals surface area contributed by atoms with Gasteiger partial charge in [-0.3, -0.25) is 10.1 Å². The number of fused-ring (bicyclic) bond motifs is 1. The van der Waals surface area contributed by atoms with Crippen LogP contribution in [0.25, 0.3) is 21.3 Å². The number of thiazole rings is 1. The van der Waals surface area contributed by atoms with Gasteiger partial charge in [0.05, 0.1) is 20.1 Å². The number of hydrogen-bond acceptors (Lipinski definition) is 4. The van der Waals surface area contributed by atoms with Crippen molar-refractivity contribution in [2.75, 3.05) is 0 Å². The Bertz CT molecular complexity index is 780. The van der Waals surface area contributed by atoms with E-state index in [1.54, 1.807) is 23.5 Å². The number of aryl methyl sites for hydroxylation is 1. The molecule has 5 heteroatoms. The summed E-state index contributed by atoms with van der Waals surface area (Å²) >= 11 is 1.64. The summed E-state index contributed by atoms with van der Waals surface area (Å²) in [5, 5.41) is 11.8. The average molecular weight is 270 g/mol. The molecule has 0 fully saturated rings. The average Bonchev–Trinajstić information content (AvgIpc) is 2.77. The van der Waals surface area contributed by atoms with E-state index >= 15 is 0 Å². The van der Waals surface area contributed by atoms with Crippen molar-refractivity contribution >= 4 is 27.2 Å². The topological polar surface area (TPSA) is 56.0 Å². The Labute approximate surface area is 113 Å². The van der Waals surface area contributed by atoms with E-state index in [-0.39, 0.29) is 10.6 Å². The third-order valence-corrected chi connectivity index (χ3v) is 3.84. The van der Waals surface area contributed by atoms with Gasteiger partial charge in [0.1, 0.15) is 0 Å². The van der Waals surface area contributed by atoms with Crippen LogP contribution in [0.1, 0.15) is 5.01 Å². The van der Waals surface area contributed by atoms with Crippen LogP contribution in [0, 0.1) is 17.0 Å². The van der Waals surface area contributed by atoms with Gasteiger partial charge in [0.25, 0.3) is 5.69 Å². The molecule has 1 aromatic heterocycles. The molecule has 0 spiro atoms. The summed E-state index contributed by atoms with van der Waals surface area (Å²) < 4.78 is 1.13. The predicted molar refractivity (Wildman–Crippen MR) is 76.4 cm³/mol. The third-order valence-electron chi connectivity index (χ3n) is 2.88. The van der Waals surface area contributed by atoms with Crippen molar-refractivity contribution in [1.29, 1.82) is 0 Å². The highest BCUT2D eigenvalue weighted by Crippen LogP contribution is 2.29. The largest absolute Gasteiger partial charge is 0.270 e. The molecule has 3 aromatic rings. The van der Waals surface area contributed by atoms with Crippen LogP contribution in [0.5, 0.6) is 0 Å². The molecule has 0 radical (unpaired) electrons. The lowest BCUT2D eigenvalue weighted by Gasteiger charge is -2.01. The van der Waals surface area contributed by atoms with Crippen LogP contribution in [0.2, 0.25) is 0 Å². The number of aromatic nitrogens is 1. The zero-order chi connectivity index (χ0) is 13.4. The fourth-order valence-electron chi connectivity index (χ4n) is 2.02. The summed E-state index contributed by atoms with van der Waals surface area (Å²) in [5.74, 6) is 0. The summed E-state index contributed by atoms with van der Waals surface area (Å²) in [6.45, 7) is 1.97. The maximum Gasteiger partial charge on any atom is 0.270 e. The van der Waals surface area contributed by atoms with Crippen LogP contribution in [0.4, 0.5) is 5.69 Å². The van der Waals surface area contributed by atoms with Gasteiger partial charge < -0.3 is 0 Å². The molecular weight excluding hydrogens is 260 g/mol. The van der Waals surface area contributed by atoms with Crippen molar-refractivity contribution in [2.24, 2.45) is 0 Å². The molecule has 2 aromatic carbocycles. The van der Waals surface area contributed by atoms with Crippen molar-refractivity contribution in [1.82, 2.24) is 4.98 Å². The minimum absolute atomic E-state index is 0.104. The molecule has 0 aliphatic heterocycles. The minimum atomic E-state index is -0.380. The van der Waals surface area contributed by atoms with Crippen LogP contribution in [0.15, 0.2) is 42.5 Å². The first-order chi connectivity index (χ1) is 9.13. The summed E-state index contributed by atoms with van der Waals surface area (Å²) in [4.78, 5) is 14.9. The Balaban J connectivity index is 2.12. The lowest BCUT2D eigenvalue weighted by Crippen LogP contribution is -1.88. The van der Waals surface area contributed by atoms with Gasteiger partial charge >= 0.3 is 0 Å². The fraction of sp³-hybridized carbons (Fsp3) is 0.0714. The van der Waals surface area contributed by atoms with Crippen molar-refractivity contribution < 1.29 is 4.92 Å². The van der Waals surface area contributed by atoms with Gasteiger partial charge in [-0.15, -0.1) is 11.3 Å². The summed E-state index contributed by atoms with van der Waals surface area (Å²) in [7, 11) is 0. The molecule has 3 rings (SSSR count). The smallest absolute Gasteiger partial charge is 0.258 e. The van der Waals surface area contributed by atoms with Crippen molar-refractivity contribution in [3.8, 4) is 11.1 Å². The Morgan fingerprint density at radius 2 is 1.95 bits per heavy atom. The van der Waals surface area contributed by atoms with Gasteiger partial charge in [0, 0.05) is 12.1 Å². The van der Waals surface area contributed by atoms with Gasteiger partial charge in [-0.25, -0.2) is 4.98 Å². The molecule has 0 aliphatic carbocycles. The predicted octanol–water partition coefficient (Wildman–Crippen LogP) is 4.18. The standard InChI is InChI=1S/C14H10N2O2S/c1-9-15-13-8-11(5-6-14(13)19-9)10-3-2-4-12(7-10)16(17)18/h2-8H,1H3. The van der Waals surface area contributed by atoms with Crippen molar-refractivity contribution in [3.05, 3.63) is 57.6 Å². The quantitative estimate of drug-likeness (QED) is 0.518. The second-order valence-electron chi connectivity index (χ2n) is 4.22. The van der Waals surface area contributed by atoms with E-state index in [4.69, 9.17) is 0 Å². The fourth-order valence-corrected chi connectivity index (χ4v) is 2.83. The van der Waals surface area contributed by atoms with E-state index in [0.717, 1.165) is 26.4 Å². The van der Waals surface area contributed by atoms with E-state index in [1.807, 2.05) is 31.2 Å². The van der Waals surface area contributed by atoms with E-state index in [1.165, 1.54) is 6.07 Å². The van der Waals surface area contributed by atoms with Gasteiger partial charge in [-0.1, -0.05) is 18.2 Å². The normalized spacial score (nSPS) is 10.8. The first-order valence-electron chi connectivity index (χ1n) is 5.75. The third kappa shape index (κ3) is 2.20. The number of non-ortho nitro benzene ring substituents is 1. The number of rotatable bonds is 2. The molecule has 0 N–H and O–H groups in total. The molecule has 94 valence electrons. The lowest BCUT2D eigenvalue weighted by atomic mass is 10.0. The molecule has 0 aliphatic rings. The molecule has 0 atom stereocenters. The highest BCUT2D eigenvalue weighted by atomic mass is 32.1. The first kappa shape index (κ1) is 11.8. The van der Waals surface area contributed by atoms with E-state index in [0.29, 0.717) is 0 Å². The van der Waals surface area contributed by atoms with E-state index < -0.39 is 0 Å². The van der Waals surface area contributed by atoms with Crippen LogP contribution in [-0.2, 0) is 0 Å². The molecule has 1 heterocycles. The van der Waals surface area contributed by atoms with E-state index in [9.17, 15) is 10.1 Å². The van der Waals surface area contributed by atoms with Crippen LogP contribution in [-0.4, -0.2) is 9.91 Å². The van der Waals surface area contributed by atoms with Crippen LogP contribution >= 0.6 is 11.3 Å². The lowest BCUT2D eigenvalue weighted by molar-refractivity contribution is -0.384. The summed E-state index contributed by atoms with van der Waals surface area (Å²) in [6.07, 6.45) is 0. The first-order valence-corrected chi connectivity index (χ1v) is 6.57. The van der Waals surface area contributed by atoms with Gasteiger partial charge in [0.2, 0.25) is 0 Å². The summed E-state index contributed by atoms with van der Waals surface area (Å²) in [5.41, 5.74) is 2.82. The van der Waals surface area contributed by atoms with Gasteiger partial charge in [-0.2, -0.15) is 0 Å². The van der Waals surface area contributed by atoms with E-state index in [2.05, 4.69) is 4.98 Å². The Kier molecular flexibility index (Phi) is 2.76. The molecule has 0 saturated carbocycles. The number of hydrogen-bond donors (Lipinski definition) is 0. The van der Waals surface area contributed by atoms with Crippen LogP contribution in [0.3, 0.4) is 0 Å². The Morgan fingerprint density at radius 3 is 2.74 bits per heavy atom.